The maximum atomic E-state index is 12.3. The summed E-state index contributed by atoms with van der Waals surface area (Å²) in [6, 6.07) is 18.8. The van der Waals surface area contributed by atoms with E-state index in [-0.39, 0.29) is 5.92 Å². The second-order valence-electron chi connectivity index (χ2n) is 4.28. The van der Waals surface area contributed by atoms with Gasteiger partial charge in [0.15, 0.2) is 0 Å². The van der Waals surface area contributed by atoms with E-state index in [0.29, 0.717) is 10.6 Å². The van der Waals surface area contributed by atoms with Crippen LogP contribution in [0.1, 0.15) is 11.5 Å². The van der Waals surface area contributed by atoms with Gasteiger partial charge in [0.1, 0.15) is 5.75 Å². The number of methoxy groups -OCH3 is 1. The first-order valence-electron chi connectivity index (χ1n) is 6.21. The average Bonchev–Trinajstić information content (AvgIpc) is 2.53. The van der Waals surface area contributed by atoms with E-state index in [1.807, 2.05) is 30.3 Å². The third kappa shape index (κ3) is 3.46. The fourth-order valence-electron chi connectivity index (χ4n) is 1.87. The Morgan fingerprint density at radius 2 is 1.80 bits per heavy atom. The van der Waals surface area contributed by atoms with Crippen LogP contribution in [0.15, 0.2) is 59.5 Å². The normalized spacial score (nSPS) is 13.2. The zero-order chi connectivity index (χ0) is 14.4. The van der Waals surface area contributed by atoms with Crippen LogP contribution in [0.25, 0.3) is 0 Å². The van der Waals surface area contributed by atoms with Crippen LogP contribution in [0, 0.1) is 11.3 Å². The number of hydrogen-bond acceptors (Lipinski definition) is 3. The molecule has 0 N–H and O–H groups in total. The zero-order valence-corrected chi connectivity index (χ0v) is 12.0. The minimum Gasteiger partial charge on any atom is -0.497 e. The molecule has 0 aliphatic rings. The second-order valence-corrected chi connectivity index (χ2v) is 5.78. The van der Waals surface area contributed by atoms with E-state index in [2.05, 4.69) is 6.07 Å². The molecule has 4 heteroatoms. The molecule has 0 amide bonds. The Kier molecular flexibility index (Phi) is 4.91. The smallest absolute Gasteiger partial charge is 0.118 e. The van der Waals surface area contributed by atoms with Crippen LogP contribution in [0.3, 0.4) is 0 Å². The molecule has 0 saturated heterocycles. The molecule has 2 aromatic rings. The fourth-order valence-corrected chi connectivity index (χ4v) is 3.07. The molecular weight excluding hydrogens is 270 g/mol. The molecule has 3 nitrogen and oxygen atoms in total. The van der Waals surface area contributed by atoms with Gasteiger partial charge >= 0.3 is 0 Å². The standard InChI is InChI=1S/C16H15NO2S/c1-19-15-7-9-16(10-8-15)20(18)12-14(11-17)13-5-3-2-4-6-13/h2-10,14H,12H2,1H3. The van der Waals surface area contributed by atoms with E-state index in [1.54, 1.807) is 31.4 Å². The molecule has 0 heterocycles. The van der Waals surface area contributed by atoms with Gasteiger partial charge in [-0.3, -0.25) is 4.21 Å². The van der Waals surface area contributed by atoms with Crippen LogP contribution < -0.4 is 4.74 Å². The molecule has 0 fully saturated rings. The Balaban J connectivity index is 2.11. The van der Waals surface area contributed by atoms with E-state index in [4.69, 9.17) is 4.74 Å². The lowest BCUT2D eigenvalue weighted by Crippen LogP contribution is -2.08. The van der Waals surface area contributed by atoms with Crippen molar-refractivity contribution in [3.8, 4) is 11.8 Å². The Hall–Kier alpha value is -2.12. The molecule has 2 aromatic carbocycles. The molecule has 2 rings (SSSR count). The molecule has 0 aromatic heterocycles. The number of rotatable bonds is 5. The Labute approximate surface area is 121 Å². The van der Waals surface area contributed by atoms with Gasteiger partial charge in [0, 0.05) is 10.6 Å². The van der Waals surface area contributed by atoms with E-state index >= 15 is 0 Å². The lowest BCUT2D eigenvalue weighted by Gasteiger charge is -2.09. The van der Waals surface area contributed by atoms with Crippen molar-refractivity contribution in [1.29, 1.82) is 5.26 Å². The number of ether oxygens (including phenoxy) is 1. The fraction of sp³-hybridized carbons (Fsp3) is 0.188. The molecule has 0 spiro atoms. The molecule has 0 radical (unpaired) electrons. The minimum atomic E-state index is -1.20. The summed E-state index contributed by atoms with van der Waals surface area (Å²) in [5.41, 5.74) is 0.900. The Morgan fingerprint density at radius 3 is 2.35 bits per heavy atom. The largest absolute Gasteiger partial charge is 0.497 e. The summed E-state index contributed by atoms with van der Waals surface area (Å²) in [5, 5.41) is 9.25. The summed E-state index contributed by atoms with van der Waals surface area (Å²) >= 11 is 0. The molecule has 0 bridgehead atoms. The highest BCUT2D eigenvalue weighted by Crippen LogP contribution is 2.20. The lowest BCUT2D eigenvalue weighted by atomic mass is 10.0. The quantitative estimate of drug-likeness (QED) is 0.848. The first kappa shape index (κ1) is 14.3. The third-order valence-electron chi connectivity index (χ3n) is 3.00. The maximum absolute atomic E-state index is 12.3. The van der Waals surface area contributed by atoms with Crippen LogP contribution in [0.4, 0.5) is 0 Å². The summed E-state index contributed by atoms with van der Waals surface area (Å²) in [4.78, 5) is 0.710. The van der Waals surface area contributed by atoms with Crippen molar-refractivity contribution in [1.82, 2.24) is 0 Å². The Morgan fingerprint density at radius 1 is 1.15 bits per heavy atom. The maximum Gasteiger partial charge on any atom is 0.118 e. The van der Waals surface area contributed by atoms with E-state index in [1.165, 1.54) is 0 Å². The molecule has 0 saturated carbocycles. The first-order chi connectivity index (χ1) is 9.74. The van der Waals surface area contributed by atoms with Crippen LogP contribution >= 0.6 is 0 Å². The van der Waals surface area contributed by atoms with Gasteiger partial charge in [0.25, 0.3) is 0 Å². The van der Waals surface area contributed by atoms with Crippen molar-refractivity contribution >= 4 is 10.8 Å². The average molecular weight is 285 g/mol. The highest BCUT2D eigenvalue weighted by atomic mass is 32.2. The van der Waals surface area contributed by atoms with Gasteiger partial charge in [0.2, 0.25) is 0 Å². The predicted molar refractivity (Wildman–Crippen MR) is 79.1 cm³/mol. The highest BCUT2D eigenvalue weighted by Gasteiger charge is 2.15. The molecule has 2 atom stereocenters. The van der Waals surface area contributed by atoms with Gasteiger partial charge in [0.05, 0.1) is 29.9 Å². The molecule has 102 valence electrons. The van der Waals surface area contributed by atoms with Crippen molar-refractivity contribution < 1.29 is 8.95 Å². The van der Waals surface area contributed by atoms with Gasteiger partial charge in [-0.05, 0) is 29.8 Å². The minimum absolute atomic E-state index is 0.298. The highest BCUT2D eigenvalue weighted by molar-refractivity contribution is 7.85. The lowest BCUT2D eigenvalue weighted by molar-refractivity contribution is 0.414. The number of hydrogen-bond donors (Lipinski definition) is 0. The molecule has 0 aliphatic heterocycles. The number of nitrogens with zero attached hydrogens (tertiary/aromatic N) is 1. The summed E-state index contributed by atoms with van der Waals surface area (Å²) in [6.45, 7) is 0. The predicted octanol–water partition coefficient (Wildman–Crippen LogP) is 3.11. The van der Waals surface area contributed by atoms with Crippen molar-refractivity contribution in [3.63, 3.8) is 0 Å². The van der Waals surface area contributed by atoms with Gasteiger partial charge in [-0.1, -0.05) is 30.3 Å². The van der Waals surface area contributed by atoms with Crippen LogP contribution in [0.2, 0.25) is 0 Å². The summed E-state index contributed by atoms with van der Waals surface area (Å²) in [6.07, 6.45) is 0. The number of benzene rings is 2. The topological polar surface area (TPSA) is 50.1 Å². The second kappa shape index (κ2) is 6.88. The van der Waals surface area contributed by atoms with Crippen LogP contribution in [0.5, 0.6) is 5.75 Å². The van der Waals surface area contributed by atoms with Crippen molar-refractivity contribution in [3.05, 3.63) is 60.2 Å². The van der Waals surface area contributed by atoms with Crippen molar-refractivity contribution in [2.75, 3.05) is 12.9 Å². The van der Waals surface area contributed by atoms with Crippen LogP contribution in [-0.2, 0) is 10.8 Å². The summed E-state index contributed by atoms with van der Waals surface area (Å²) < 4.78 is 17.4. The molecule has 2 unspecified atom stereocenters. The van der Waals surface area contributed by atoms with E-state index < -0.39 is 10.8 Å². The first-order valence-corrected chi connectivity index (χ1v) is 7.53. The third-order valence-corrected chi connectivity index (χ3v) is 4.43. The van der Waals surface area contributed by atoms with E-state index in [0.717, 1.165) is 11.3 Å². The SMILES string of the molecule is COc1ccc(S(=O)CC(C#N)c2ccccc2)cc1. The summed E-state index contributed by atoms with van der Waals surface area (Å²) in [5.74, 6) is 0.664. The van der Waals surface area contributed by atoms with Gasteiger partial charge in [-0.2, -0.15) is 5.26 Å². The molecule has 20 heavy (non-hydrogen) atoms. The van der Waals surface area contributed by atoms with Gasteiger partial charge < -0.3 is 4.74 Å². The van der Waals surface area contributed by atoms with Gasteiger partial charge in [-0.15, -0.1) is 0 Å². The Bertz CT molecular complexity index is 617. The van der Waals surface area contributed by atoms with Crippen molar-refractivity contribution in [2.45, 2.75) is 10.8 Å². The molecule has 0 aliphatic carbocycles. The van der Waals surface area contributed by atoms with E-state index in [9.17, 15) is 9.47 Å². The van der Waals surface area contributed by atoms with Crippen LogP contribution in [-0.4, -0.2) is 17.1 Å². The molecular formula is C16H15NO2S. The van der Waals surface area contributed by atoms with Crippen molar-refractivity contribution in [2.24, 2.45) is 0 Å². The zero-order valence-electron chi connectivity index (χ0n) is 11.2. The number of nitriles is 1. The summed E-state index contributed by atoms with van der Waals surface area (Å²) in [7, 11) is 0.388. The van der Waals surface area contributed by atoms with Gasteiger partial charge in [-0.25, -0.2) is 0 Å². The monoisotopic (exact) mass is 285 g/mol.